The Morgan fingerprint density at radius 3 is 2.71 bits per heavy atom. The predicted octanol–water partition coefficient (Wildman–Crippen LogP) is 1.09. The van der Waals surface area contributed by atoms with E-state index in [0.717, 1.165) is 6.08 Å². The first-order chi connectivity index (χ1) is 9.82. The maximum Gasteiger partial charge on any atom is 0.328 e. The molecule has 1 aromatic carbocycles. The topological polar surface area (TPSA) is 110 Å². The number of hydrogen-bond donors (Lipinski definition) is 2. The van der Waals surface area contributed by atoms with Gasteiger partial charge >= 0.3 is 11.9 Å². The van der Waals surface area contributed by atoms with Crippen molar-refractivity contribution in [1.82, 2.24) is 0 Å². The van der Waals surface area contributed by atoms with Crippen molar-refractivity contribution < 1.29 is 27.9 Å². The maximum absolute atomic E-state index is 11.8. The monoisotopic (exact) mass is 313 g/mol. The number of benzene rings is 1. The van der Waals surface area contributed by atoms with Gasteiger partial charge in [0.1, 0.15) is 0 Å². The average Bonchev–Trinajstić information content (AvgIpc) is 2.42. The van der Waals surface area contributed by atoms with Crippen LogP contribution in [0.4, 0.5) is 5.69 Å². The first kappa shape index (κ1) is 16.7. The maximum atomic E-state index is 11.8. The van der Waals surface area contributed by atoms with Crippen LogP contribution >= 0.6 is 0 Å². The Bertz CT molecular complexity index is 650. The molecule has 0 amide bonds. The second-order valence-corrected chi connectivity index (χ2v) is 5.89. The van der Waals surface area contributed by atoms with Crippen LogP contribution < -0.4 is 4.72 Å². The van der Waals surface area contributed by atoms with Gasteiger partial charge in [0.25, 0.3) is 0 Å². The average molecular weight is 313 g/mol. The number of rotatable bonds is 7. The summed E-state index contributed by atoms with van der Waals surface area (Å²) in [6.07, 6.45) is 2.05. The van der Waals surface area contributed by atoms with Crippen molar-refractivity contribution in [3.05, 3.63) is 35.9 Å². The van der Waals surface area contributed by atoms with Crippen LogP contribution in [0.15, 0.2) is 30.3 Å². The van der Waals surface area contributed by atoms with E-state index in [9.17, 15) is 18.0 Å². The third kappa shape index (κ3) is 6.57. The van der Waals surface area contributed by atoms with E-state index < -0.39 is 27.7 Å². The van der Waals surface area contributed by atoms with Gasteiger partial charge in [-0.2, -0.15) is 0 Å². The molecular weight excluding hydrogens is 298 g/mol. The van der Waals surface area contributed by atoms with Crippen LogP contribution in [-0.4, -0.2) is 38.3 Å². The van der Waals surface area contributed by atoms with Crippen LogP contribution in [0.2, 0.25) is 0 Å². The molecule has 0 bridgehead atoms. The van der Waals surface area contributed by atoms with Crippen molar-refractivity contribution in [1.29, 1.82) is 0 Å². The molecule has 114 valence electrons. The standard InChI is InChI=1S/C13H15NO6S/c1-20-13(17)7-8-21(18,19)14-11-4-2-3-10(9-11)5-6-12(15)16/h2-6,9,14H,7-8H2,1H3,(H,15,16)/b6-5+. The van der Waals surface area contributed by atoms with Gasteiger partial charge < -0.3 is 9.84 Å². The Labute approximate surface area is 122 Å². The van der Waals surface area contributed by atoms with Gasteiger partial charge in [-0.05, 0) is 23.8 Å². The minimum atomic E-state index is -3.68. The molecule has 0 unspecified atom stereocenters. The Balaban J connectivity index is 2.76. The fourth-order valence-corrected chi connectivity index (χ4v) is 2.45. The summed E-state index contributed by atoms with van der Waals surface area (Å²) in [7, 11) is -2.50. The number of ether oxygens (including phenoxy) is 1. The summed E-state index contributed by atoms with van der Waals surface area (Å²) >= 11 is 0. The minimum Gasteiger partial charge on any atom is -0.478 e. The summed E-state index contributed by atoms with van der Waals surface area (Å²) in [5.41, 5.74) is 0.818. The summed E-state index contributed by atoms with van der Waals surface area (Å²) in [6, 6.07) is 6.22. The van der Waals surface area contributed by atoms with Crippen LogP contribution in [0.25, 0.3) is 6.08 Å². The fraction of sp³-hybridized carbons (Fsp3) is 0.231. The minimum absolute atomic E-state index is 0.246. The molecule has 0 aliphatic heterocycles. The quantitative estimate of drug-likeness (QED) is 0.576. The summed E-state index contributed by atoms with van der Waals surface area (Å²) < 4.78 is 30.2. The van der Waals surface area contributed by atoms with Gasteiger partial charge in [-0.1, -0.05) is 12.1 Å². The van der Waals surface area contributed by atoms with Crippen molar-refractivity contribution in [2.45, 2.75) is 6.42 Å². The van der Waals surface area contributed by atoms with Gasteiger partial charge in [0.15, 0.2) is 0 Å². The van der Waals surface area contributed by atoms with E-state index >= 15 is 0 Å². The highest BCUT2D eigenvalue weighted by Gasteiger charge is 2.13. The Hall–Kier alpha value is -2.35. The number of carboxylic acid groups (broad SMARTS) is 1. The molecule has 0 aromatic heterocycles. The summed E-state index contributed by atoms with van der Waals surface area (Å²) in [5, 5.41) is 8.53. The fourth-order valence-electron chi connectivity index (χ4n) is 1.42. The number of carbonyl (C=O) groups excluding carboxylic acids is 1. The molecule has 21 heavy (non-hydrogen) atoms. The molecule has 0 aliphatic carbocycles. The summed E-state index contributed by atoms with van der Waals surface area (Å²) in [6.45, 7) is 0. The lowest BCUT2D eigenvalue weighted by molar-refractivity contribution is -0.140. The highest BCUT2D eigenvalue weighted by Crippen LogP contribution is 2.14. The molecule has 8 heteroatoms. The number of nitrogens with one attached hydrogen (secondary N) is 1. The van der Waals surface area contributed by atoms with Crippen LogP contribution in [0, 0.1) is 0 Å². The molecule has 0 heterocycles. The van der Waals surface area contributed by atoms with Crippen LogP contribution in [0.3, 0.4) is 0 Å². The normalized spacial score (nSPS) is 11.3. The number of methoxy groups -OCH3 is 1. The molecule has 0 spiro atoms. The van der Waals surface area contributed by atoms with Gasteiger partial charge in [0.2, 0.25) is 10.0 Å². The largest absolute Gasteiger partial charge is 0.478 e. The number of hydrogen-bond acceptors (Lipinski definition) is 5. The number of aliphatic carboxylic acids is 1. The van der Waals surface area contributed by atoms with E-state index in [4.69, 9.17) is 5.11 Å². The summed E-state index contributed by atoms with van der Waals surface area (Å²) in [4.78, 5) is 21.4. The van der Waals surface area contributed by atoms with Gasteiger partial charge in [-0.3, -0.25) is 9.52 Å². The molecule has 0 fully saturated rings. The smallest absolute Gasteiger partial charge is 0.328 e. The van der Waals surface area contributed by atoms with Gasteiger partial charge in [0, 0.05) is 11.8 Å². The van der Waals surface area contributed by atoms with E-state index in [1.165, 1.54) is 25.3 Å². The highest BCUT2D eigenvalue weighted by molar-refractivity contribution is 7.92. The predicted molar refractivity (Wildman–Crippen MR) is 77.2 cm³/mol. The highest BCUT2D eigenvalue weighted by atomic mass is 32.2. The SMILES string of the molecule is COC(=O)CCS(=O)(=O)Nc1cccc(/C=C/C(=O)O)c1. The lowest BCUT2D eigenvalue weighted by Crippen LogP contribution is -2.19. The lowest BCUT2D eigenvalue weighted by atomic mass is 10.2. The van der Waals surface area contributed by atoms with Crippen LogP contribution in [0.1, 0.15) is 12.0 Å². The van der Waals surface area contributed by atoms with E-state index in [2.05, 4.69) is 9.46 Å². The van der Waals surface area contributed by atoms with Crippen LogP contribution in [0.5, 0.6) is 0 Å². The lowest BCUT2D eigenvalue weighted by Gasteiger charge is -2.08. The zero-order valence-corrected chi connectivity index (χ0v) is 12.1. The first-order valence-electron chi connectivity index (χ1n) is 5.91. The molecule has 0 atom stereocenters. The Kier molecular flexibility index (Phi) is 5.92. The molecule has 0 aliphatic rings. The number of sulfonamides is 1. The molecule has 1 aromatic rings. The summed E-state index contributed by atoms with van der Waals surface area (Å²) in [5.74, 6) is -2.10. The molecule has 1 rings (SSSR count). The molecule has 7 nitrogen and oxygen atoms in total. The van der Waals surface area contributed by atoms with Crippen LogP contribution in [-0.2, 0) is 24.3 Å². The Morgan fingerprint density at radius 1 is 1.38 bits per heavy atom. The number of anilines is 1. The van der Waals surface area contributed by atoms with E-state index in [1.807, 2.05) is 0 Å². The number of carbonyl (C=O) groups is 2. The molecule has 2 N–H and O–H groups in total. The van der Waals surface area contributed by atoms with Crippen molar-refractivity contribution in [2.75, 3.05) is 17.6 Å². The van der Waals surface area contributed by atoms with Crippen molar-refractivity contribution >= 4 is 33.7 Å². The third-order valence-electron chi connectivity index (χ3n) is 2.38. The van der Waals surface area contributed by atoms with E-state index in [0.29, 0.717) is 5.56 Å². The van der Waals surface area contributed by atoms with Gasteiger partial charge in [0.05, 0.1) is 19.3 Å². The first-order valence-corrected chi connectivity index (χ1v) is 7.56. The van der Waals surface area contributed by atoms with E-state index in [1.54, 1.807) is 12.1 Å². The second kappa shape index (κ2) is 7.44. The van der Waals surface area contributed by atoms with Crippen molar-refractivity contribution in [2.24, 2.45) is 0 Å². The van der Waals surface area contributed by atoms with Gasteiger partial charge in [-0.15, -0.1) is 0 Å². The second-order valence-electron chi connectivity index (χ2n) is 4.04. The van der Waals surface area contributed by atoms with Crippen molar-refractivity contribution in [3.63, 3.8) is 0 Å². The molecular formula is C13H15NO6S. The zero-order chi connectivity index (χ0) is 15.9. The van der Waals surface area contributed by atoms with Crippen molar-refractivity contribution in [3.8, 4) is 0 Å². The Morgan fingerprint density at radius 2 is 2.10 bits per heavy atom. The van der Waals surface area contributed by atoms with E-state index in [-0.39, 0.29) is 12.1 Å². The zero-order valence-electron chi connectivity index (χ0n) is 11.3. The molecule has 0 radical (unpaired) electrons. The van der Waals surface area contributed by atoms with Gasteiger partial charge in [-0.25, -0.2) is 13.2 Å². The number of carboxylic acids is 1. The molecule has 0 saturated heterocycles. The third-order valence-corrected chi connectivity index (χ3v) is 3.67. The number of esters is 1. The molecule has 0 saturated carbocycles.